The zero-order valence-corrected chi connectivity index (χ0v) is 19.0. The second kappa shape index (κ2) is 9.85. The third kappa shape index (κ3) is 5.87. The predicted octanol–water partition coefficient (Wildman–Crippen LogP) is 3.28. The molecule has 32 heavy (non-hydrogen) atoms. The highest BCUT2D eigenvalue weighted by atomic mass is 16.6. The van der Waals surface area contributed by atoms with Crippen molar-refractivity contribution >= 4 is 18.3 Å². The standard InChI is InChI=1S/C25H30N2O5/c1-25(2,3)32-24(30)27-15-19-8-6-5-7-18(19)14-22(27)23(29)26-20(16-28)13-17-9-11-21(31-4)12-10-17/h5-12,16,20,22H,13-15H2,1-4H3,(H,26,29)/t20-,22+/m1/s1. The molecule has 0 aromatic heterocycles. The van der Waals surface area contributed by atoms with E-state index in [1.54, 1.807) is 40.0 Å². The molecule has 1 aliphatic heterocycles. The van der Waals surface area contributed by atoms with Gasteiger partial charge in [-0.2, -0.15) is 0 Å². The second-order valence-electron chi connectivity index (χ2n) is 8.90. The van der Waals surface area contributed by atoms with Gasteiger partial charge in [-0.3, -0.25) is 9.69 Å². The van der Waals surface area contributed by atoms with Gasteiger partial charge >= 0.3 is 6.09 Å². The largest absolute Gasteiger partial charge is 0.497 e. The maximum absolute atomic E-state index is 13.2. The Balaban J connectivity index is 1.77. The van der Waals surface area contributed by atoms with Crippen molar-refractivity contribution in [1.82, 2.24) is 10.2 Å². The van der Waals surface area contributed by atoms with E-state index in [-0.39, 0.29) is 12.5 Å². The molecule has 2 aromatic rings. The van der Waals surface area contributed by atoms with Crippen LogP contribution in [0.3, 0.4) is 0 Å². The summed E-state index contributed by atoms with van der Waals surface area (Å²) in [6, 6.07) is 13.6. The summed E-state index contributed by atoms with van der Waals surface area (Å²) in [5.74, 6) is 0.338. The monoisotopic (exact) mass is 438 g/mol. The van der Waals surface area contributed by atoms with Crippen LogP contribution < -0.4 is 10.1 Å². The van der Waals surface area contributed by atoms with Crippen LogP contribution >= 0.6 is 0 Å². The number of nitrogens with zero attached hydrogens (tertiary/aromatic N) is 1. The van der Waals surface area contributed by atoms with Crippen LogP contribution in [-0.4, -0.2) is 48.0 Å². The molecule has 1 aliphatic rings. The predicted molar refractivity (Wildman–Crippen MR) is 120 cm³/mol. The van der Waals surface area contributed by atoms with E-state index in [0.29, 0.717) is 18.6 Å². The van der Waals surface area contributed by atoms with E-state index in [0.717, 1.165) is 23.0 Å². The Bertz CT molecular complexity index is 965. The molecule has 1 heterocycles. The highest BCUT2D eigenvalue weighted by Crippen LogP contribution is 2.25. The Morgan fingerprint density at radius 2 is 1.78 bits per heavy atom. The number of methoxy groups -OCH3 is 1. The molecular weight excluding hydrogens is 408 g/mol. The first-order valence-corrected chi connectivity index (χ1v) is 10.6. The number of amides is 2. The molecule has 0 fully saturated rings. The third-order valence-electron chi connectivity index (χ3n) is 5.29. The van der Waals surface area contributed by atoms with Gasteiger partial charge in [-0.25, -0.2) is 4.79 Å². The van der Waals surface area contributed by atoms with Gasteiger partial charge in [0.05, 0.1) is 19.7 Å². The molecule has 7 nitrogen and oxygen atoms in total. The van der Waals surface area contributed by atoms with E-state index in [4.69, 9.17) is 9.47 Å². The average molecular weight is 439 g/mol. The lowest BCUT2D eigenvalue weighted by Gasteiger charge is -2.37. The van der Waals surface area contributed by atoms with Crippen LogP contribution in [0, 0.1) is 0 Å². The minimum absolute atomic E-state index is 0.271. The summed E-state index contributed by atoms with van der Waals surface area (Å²) in [6.45, 7) is 5.63. The van der Waals surface area contributed by atoms with Crippen molar-refractivity contribution in [3.05, 3.63) is 65.2 Å². The van der Waals surface area contributed by atoms with E-state index < -0.39 is 23.8 Å². The molecule has 7 heteroatoms. The average Bonchev–Trinajstić information content (AvgIpc) is 2.77. The molecule has 0 bridgehead atoms. The maximum Gasteiger partial charge on any atom is 0.411 e. The van der Waals surface area contributed by atoms with Crippen LogP contribution in [0.4, 0.5) is 4.79 Å². The van der Waals surface area contributed by atoms with Crippen molar-refractivity contribution < 1.29 is 23.9 Å². The van der Waals surface area contributed by atoms with Crippen molar-refractivity contribution in [2.24, 2.45) is 0 Å². The molecule has 0 radical (unpaired) electrons. The van der Waals surface area contributed by atoms with Gasteiger partial charge in [0.2, 0.25) is 5.91 Å². The summed E-state index contributed by atoms with van der Waals surface area (Å²) in [4.78, 5) is 39.2. The number of nitrogens with one attached hydrogen (secondary N) is 1. The van der Waals surface area contributed by atoms with Crippen LogP contribution in [0.1, 0.15) is 37.5 Å². The van der Waals surface area contributed by atoms with Gasteiger partial charge in [0, 0.05) is 6.42 Å². The summed E-state index contributed by atoms with van der Waals surface area (Å²) in [5, 5.41) is 2.80. The summed E-state index contributed by atoms with van der Waals surface area (Å²) >= 11 is 0. The summed E-state index contributed by atoms with van der Waals surface area (Å²) in [7, 11) is 1.59. The topological polar surface area (TPSA) is 84.9 Å². The van der Waals surface area contributed by atoms with Crippen molar-refractivity contribution in [2.75, 3.05) is 7.11 Å². The third-order valence-corrected chi connectivity index (χ3v) is 5.29. The first-order chi connectivity index (χ1) is 15.2. The highest BCUT2D eigenvalue weighted by molar-refractivity contribution is 5.88. The van der Waals surface area contributed by atoms with Crippen molar-refractivity contribution in [1.29, 1.82) is 0 Å². The molecular formula is C25H30N2O5. The number of ether oxygens (including phenoxy) is 2. The van der Waals surface area contributed by atoms with E-state index in [1.165, 1.54) is 4.90 Å². The Morgan fingerprint density at radius 3 is 2.38 bits per heavy atom. The molecule has 3 rings (SSSR count). The first-order valence-electron chi connectivity index (χ1n) is 10.6. The lowest BCUT2D eigenvalue weighted by atomic mass is 9.93. The number of carbonyl (C=O) groups excluding carboxylic acids is 3. The van der Waals surface area contributed by atoms with Gasteiger partial charge < -0.3 is 19.6 Å². The summed E-state index contributed by atoms with van der Waals surface area (Å²) < 4.78 is 10.7. The molecule has 0 unspecified atom stereocenters. The van der Waals surface area contributed by atoms with Gasteiger partial charge in [-0.15, -0.1) is 0 Å². The van der Waals surface area contributed by atoms with Crippen molar-refractivity contribution in [3.8, 4) is 5.75 Å². The molecule has 0 saturated heterocycles. The number of rotatable bonds is 6. The van der Waals surface area contributed by atoms with Crippen LogP contribution in [0.25, 0.3) is 0 Å². The van der Waals surface area contributed by atoms with Crippen LogP contribution in [-0.2, 0) is 33.7 Å². The summed E-state index contributed by atoms with van der Waals surface area (Å²) in [5.41, 5.74) is 2.19. The first kappa shape index (κ1) is 23.3. The van der Waals surface area contributed by atoms with E-state index in [2.05, 4.69) is 5.32 Å². The number of aldehydes is 1. The fraction of sp³-hybridized carbons (Fsp3) is 0.400. The fourth-order valence-corrected chi connectivity index (χ4v) is 3.70. The van der Waals surface area contributed by atoms with E-state index >= 15 is 0 Å². The van der Waals surface area contributed by atoms with Crippen LogP contribution in [0.2, 0.25) is 0 Å². The molecule has 0 saturated carbocycles. The molecule has 0 spiro atoms. The van der Waals surface area contributed by atoms with Gasteiger partial charge in [-0.1, -0.05) is 36.4 Å². The second-order valence-corrected chi connectivity index (χ2v) is 8.90. The molecule has 2 aromatic carbocycles. The van der Waals surface area contributed by atoms with Gasteiger partial charge in [0.1, 0.15) is 23.7 Å². The molecule has 170 valence electrons. The van der Waals surface area contributed by atoms with Gasteiger partial charge in [-0.05, 0) is 56.0 Å². The Labute approximate surface area is 188 Å². The molecule has 2 atom stereocenters. The maximum atomic E-state index is 13.2. The molecule has 1 N–H and O–H groups in total. The van der Waals surface area contributed by atoms with Crippen LogP contribution in [0.5, 0.6) is 5.75 Å². The lowest BCUT2D eigenvalue weighted by Crippen LogP contribution is -2.55. The lowest BCUT2D eigenvalue weighted by molar-refractivity contribution is -0.129. The van der Waals surface area contributed by atoms with Crippen LogP contribution in [0.15, 0.2) is 48.5 Å². The minimum atomic E-state index is -0.766. The quantitative estimate of drug-likeness (QED) is 0.700. The van der Waals surface area contributed by atoms with Gasteiger partial charge in [0.15, 0.2) is 0 Å². The number of fused-ring (bicyclic) bond motifs is 1. The number of hydrogen-bond acceptors (Lipinski definition) is 5. The van der Waals surface area contributed by atoms with Crippen molar-refractivity contribution in [3.63, 3.8) is 0 Å². The van der Waals surface area contributed by atoms with Crippen molar-refractivity contribution in [2.45, 2.75) is 57.8 Å². The Kier molecular flexibility index (Phi) is 7.18. The van der Waals surface area contributed by atoms with E-state index in [1.807, 2.05) is 36.4 Å². The van der Waals surface area contributed by atoms with Gasteiger partial charge in [0.25, 0.3) is 0 Å². The molecule has 2 amide bonds. The van der Waals surface area contributed by atoms with E-state index in [9.17, 15) is 14.4 Å². The smallest absolute Gasteiger partial charge is 0.411 e. The molecule has 0 aliphatic carbocycles. The number of benzene rings is 2. The zero-order chi connectivity index (χ0) is 23.3. The summed E-state index contributed by atoms with van der Waals surface area (Å²) in [6.07, 6.45) is 0.867. The zero-order valence-electron chi connectivity index (χ0n) is 19.0. The fourth-order valence-electron chi connectivity index (χ4n) is 3.70. The Morgan fingerprint density at radius 1 is 1.12 bits per heavy atom. The number of hydrogen-bond donors (Lipinski definition) is 1. The SMILES string of the molecule is COc1ccc(C[C@H](C=O)NC(=O)[C@@H]2Cc3ccccc3CN2C(=O)OC(C)(C)C)cc1. The normalized spacial score (nSPS) is 16.5. The minimum Gasteiger partial charge on any atom is -0.497 e. The highest BCUT2D eigenvalue weighted by Gasteiger charge is 2.37. The Hall–Kier alpha value is -3.35. The number of carbonyl (C=O) groups is 3.